The van der Waals surface area contributed by atoms with Crippen LogP contribution in [0.15, 0.2) is 146 Å². The lowest BCUT2D eigenvalue weighted by molar-refractivity contribution is -0.161. The van der Waals surface area contributed by atoms with E-state index in [1.165, 1.54) is 44.9 Å². The Kier molecular flexibility index (Phi) is 64.9. The van der Waals surface area contributed by atoms with Gasteiger partial charge in [0.2, 0.25) is 0 Å². The molecule has 0 rings (SSSR count). The molecule has 0 amide bonds. The molecule has 0 saturated heterocycles. The van der Waals surface area contributed by atoms with Crippen LogP contribution in [0.2, 0.25) is 0 Å². The zero-order chi connectivity index (χ0) is 70.4. The molecule has 0 aromatic heterocycles. The Morgan fingerprint density at radius 1 is 0.312 bits per heavy atom. The SMILES string of the molecule is CC/C=C\C/C=C\C/C=C\C/C=C\C/C=C\CC(=O)OCC(COP(=O)(O)OCC(O)COP(=O)(O)OCC(COC(=O)C/C=C\C/C=C\C/C=C\C/C=C\C/C=C\CC)OC(=O)CCCCCCC/C=C\CCCCCCCC)OC(=O)CCCCCCC/C=C\CCCC. The first-order chi connectivity index (χ1) is 46.7. The summed E-state index contributed by atoms with van der Waals surface area (Å²) < 4.78 is 68.0. The highest BCUT2D eigenvalue weighted by atomic mass is 31.2. The van der Waals surface area contributed by atoms with E-state index in [2.05, 4.69) is 125 Å². The molecule has 0 fully saturated rings. The zero-order valence-electron chi connectivity index (χ0n) is 59.2. The van der Waals surface area contributed by atoms with Gasteiger partial charge in [0.05, 0.1) is 39.3 Å². The van der Waals surface area contributed by atoms with Crippen molar-refractivity contribution in [3.05, 3.63) is 146 Å². The number of hydrogen-bond donors (Lipinski definition) is 3. The number of hydrogen-bond acceptors (Lipinski definition) is 15. The second-order valence-electron chi connectivity index (χ2n) is 23.4. The number of allylic oxidation sites excluding steroid dienone is 22. The fraction of sp³-hybridized carbons (Fsp3) is 0.636. The monoisotopic (exact) mass is 1380 g/mol. The van der Waals surface area contributed by atoms with Crippen molar-refractivity contribution in [2.24, 2.45) is 0 Å². The number of aliphatic hydroxyl groups excluding tert-OH is 1. The van der Waals surface area contributed by atoms with Gasteiger partial charge in [-0.1, -0.05) is 257 Å². The second-order valence-corrected chi connectivity index (χ2v) is 26.3. The van der Waals surface area contributed by atoms with Gasteiger partial charge in [-0.05, 0) is 122 Å². The molecule has 19 heteroatoms. The molecule has 96 heavy (non-hydrogen) atoms. The molecule has 0 aliphatic carbocycles. The summed E-state index contributed by atoms with van der Waals surface area (Å²) in [6.45, 7) is 4.31. The molecule has 0 aromatic carbocycles. The van der Waals surface area contributed by atoms with E-state index in [1.54, 1.807) is 12.2 Å². The zero-order valence-corrected chi connectivity index (χ0v) is 61.0. The lowest BCUT2D eigenvalue weighted by Crippen LogP contribution is -2.30. The number of esters is 4. The first kappa shape index (κ1) is 90.9. The number of carbonyl (C=O) groups excluding carboxylic acids is 4. The topological polar surface area (TPSA) is 237 Å². The summed E-state index contributed by atoms with van der Waals surface area (Å²) in [6.07, 6.45) is 76.4. The van der Waals surface area contributed by atoms with Crippen LogP contribution in [0.4, 0.5) is 0 Å². The van der Waals surface area contributed by atoms with Crippen LogP contribution in [-0.4, -0.2) is 96.7 Å². The van der Waals surface area contributed by atoms with Crippen molar-refractivity contribution >= 4 is 39.5 Å². The van der Waals surface area contributed by atoms with E-state index in [-0.39, 0.29) is 25.7 Å². The van der Waals surface area contributed by atoms with Gasteiger partial charge in [-0.3, -0.25) is 37.3 Å². The first-order valence-electron chi connectivity index (χ1n) is 36.1. The minimum atomic E-state index is -5.00. The lowest BCUT2D eigenvalue weighted by Gasteiger charge is -2.21. The van der Waals surface area contributed by atoms with Gasteiger partial charge in [-0.25, -0.2) is 9.13 Å². The molecule has 5 unspecified atom stereocenters. The normalized spacial score (nSPS) is 14.9. The molecular weight excluding hydrogens is 1260 g/mol. The van der Waals surface area contributed by atoms with E-state index in [1.807, 2.05) is 36.5 Å². The van der Waals surface area contributed by atoms with E-state index >= 15 is 0 Å². The summed E-state index contributed by atoms with van der Waals surface area (Å²) in [7, 11) is -10.0. The largest absolute Gasteiger partial charge is 0.472 e. The third-order valence-electron chi connectivity index (χ3n) is 14.3. The number of carbonyl (C=O) groups is 4. The van der Waals surface area contributed by atoms with Crippen LogP contribution < -0.4 is 0 Å². The Morgan fingerprint density at radius 3 is 0.906 bits per heavy atom. The number of aliphatic hydroxyl groups is 1. The Hall–Kier alpha value is -5.06. The maximum Gasteiger partial charge on any atom is 0.472 e. The van der Waals surface area contributed by atoms with Crippen LogP contribution in [0.3, 0.4) is 0 Å². The summed E-state index contributed by atoms with van der Waals surface area (Å²) in [5.41, 5.74) is 0. The number of phosphoric ester groups is 2. The minimum absolute atomic E-state index is 0.0587. The van der Waals surface area contributed by atoms with Gasteiger partial charge in [-0.15, -0.1) is 0 Å². The Bertz CT molecular complexity index is 2400. The maximum absolute atomic E-state index is 13.0. The van der Waals surface area contributed by atoms with E-state index in [4.69, 9.17) is 37.0 Å². The average molecular weight is 1390 g/mol. The van der Waals surface area contributed by atoms with Gasteiger partial charge < -0.3 is 33.8 Å². The van der Waals surface area contributed by atoms with E-state index < -0.39 is 97.5 Å². The summed E-state index contributed by atoms with van der Waals surface area (Å²) in [6, 6.07) is 0. The lowest BCUT2D eigenvalue weighted by atomic mass is 10.1. The number of ether oxygens (including phenoxy) is 4. The molecule has 17 nitrogen and oxygen atoms in total. The van der Waals surface area contributed by atoms with Crippen molar-refractivity contribution in [1.29, 1.82) is 0 Å². The molecule has 5 atom stereocenters. The molecule has 0 aliphatic heterocycles. The maximum atomic E-state index is 13.0. The molecule has 546 valence electrons. The van der Waals surface area contributed by atoms with Gasteiger partial charge in [0.1, 0.15) is 19.3 Å². The highest BCUT2D eigenvalue weighted by Gasteiger charge is 2.30. The van der Waals surface area contributed by atoms with Crippen molar-refractivity contribution in [3.63, 3.8) is 0 Å². The minimum Gasteiger partial charge on any atom is -0.461 e. The molecular formula is C77H126O17P2. The molecule has 0 bridgehead atoms. The Labute approximate surface area is 579 Å². The fourth-order valence-corrected chi connectivity index (χ4v) is 10.4. The van der Waals surface area contributed by atoms with Crippen LogP contribution in [0.1, 0.15) is 259 Å². The fourth-order valence-electron chi connectivity index (χ4n) is 8.87. The van der Waals surface area contributed by atoms with Crippen molar-refractivity contribution in [3.8, 4) is 0 Å². The number of phosphoric acid groups is 2. The number of rotatable bonds is 66. The highest BCUT2D eigenvalue weighted by Crippen LogP contribution is 2.45. The quantitative estimate of drug-likeness (QED) is 0.0169. The molecule has 3 N–H and O–H groups in total. The third kappa shape index (κ3) is 67.5. The Morgan fingerprint density at radius 2 is 0.583 bits per heavy atom. The predicted octanol–water partition coefficient (Wildman–Crippen LogP) is 20.3. The van der Waals surface area contributed by atoms with Crippen molar-refractivity contribution in [2.75, 3.05) is 39.6 Å². The molecule has 0 spiro atoms. The van der Waals surface area contributed by atoms with Gasteiger partial charge in [-0.2, -0.15) is 0 Å². The van der Waals surface area contributed by atoms with Gasteiger partial charge >= 0.3 is 39.5 Å². The standard InChI is InChI=1S/C77H126O17P2/c1-5-9-13-17-21-25-29-32-35-38-42-45-49-53-57-61-74(79)87-67-72(93-76(81)63-59-55-51-47-41-28-24-20-16-12-8-4)69-91-95(83,84)89-65-71(78)66-90-96(85,86)92-70-73(94-77(82)64-60-56-52-48-44-40-37-34-31-27-23-19-15-11-7-3)68-88-75(80)62-58-54-50-46-43-39-36-33-30-26-22-18-14-10-6-2/h9-10,13-14,20-22,24-26,32-37,42-43,45-46,53-54,57-58,71-73,78H,5-8,11-12,15-19,23,27-31,38-41,44,47-52,55-56,59-70H2,1-4H3,(H,83,84)(H,85,86)/b13-9-,14-10-,24-20-,25-21-,26-22-,35-32-,36-33-,37-34-,45-42-,46-43-,57-53-,58-54-. The van der Waals surface area contributed by atoms with Gasteiger partial charge in [0.25, 0.3) is 0 Å². The van der Waals surface area contributed by atoms with Crippen molar-refractivity contribution < 1.29 is 80.2 Å². The van der Waals surface area contributed by atoms with Crippen molar-refractivity contribution in [1.82, 2.24) is 0 Å². The van der Waals surface area contributed by atoms with Crippen LogP contribution in [0.5, 0.6) is 0 Å². The summed E-state index contributed by atoms with van der Waals surface area (Å²) in [5, 5.41) is 10.6. The van der Waals surface area contributed by atoms with Crippen LogP contribution >= 0.6 is 15.6 Å². The van der Waals surface area contributed by atoms with Gasteiger partial charge in [0.15, 0.2) is 12.2 Å². The molecule has 0 aromatic rings. The Balaban J connectivity index is 5.48. The van der Waals surface area contributed by atoms with Crippen molar-refractivity contribution in [2.45, 2.75) is 277 Å². The van der Waals surface area contributed by atoms with Gasteiger partial charge in [0, 0.05) is 12.8 Å². The highest BCUT2D eigenvalue weighted by molar-refractivity contribution is 7.47. The summed E-state index contributed by atoms with van der Waals surface area (Å²) >= 11 is 0. The first-order valence-corrected chi connectivity index (χ1v) is 39.1. The molecule has 0 heterocycles. The van der Waals surface area contributed by atoms with E-state index in [9.17, 15) is 43.2 Å². The summed E-state index contributed by atoms with van der Waals surface area (Å²) in [4.78, 5) is 72.5. The van der Waals surface area contributed by atoms with E-state index in [0.717, 1.165) is 135 Å². The van der Waals surface area contributed by atoms with Crippen LogP contribution in [0.25, 0.3) is 0 Å². The molecule has 0 saturated carbocycles. The van der Waals surface area contributed by atoms with Crippen LogP contribution in [0, 0.1) is 0 Å². The number of unbranched alkanes of at least 4 members (excludes halogenated alkanes) is 18. The van der Waals surface area contributed by atoms with Crippen LogP contribution in [-0.2, 0) is 65.4 Å². The second kappa shape index (κ2) is 68.5. The smallest absolute Gasteiger partial charge is 0.461 e. The average Bonchev–Trinajstić information content (AvgIpc) is 1.11. The predicted molar refractivity (Wildman–Crippen MR) is 390 cm³/mol. The summed E-state index contributed by atoms with van der Waals surface area (Å²) in [5.74, 6) is -2.50. The van der Waals surface area contributed by atoms with E-state index in [0.29, 0.717) is 25.7 Å². The third-order valence-corrected chi connectivity index (χ3v) is 16.2. The molecule has 0 radical (unpaired) electrons. The molecule has 0 aliphatic rings.